The number of benzene rings is 2. The third kappa shape index (κ3) is 3.25. The molecule has 0 atom stereocenters. The van der Waals surface area contributed by atoms with Crippen LogP contribution in [-0.4, -0.2) is 23.9 Å². The fraction of sp³-hybridized carbons (Fsp3) is 0.263. The number of fused-ring (bicyclic) bond motifs is 1. The largest absolute Gasteiger partial charge is 0.370 e. The highest BCUT2D eigenvalue weighted by atomic mass is 16.2. The fourth-order valence-electron chi connectivity index (χ4n) is 2.80. The average Bonchev–Trinajstić information content (AvgIpc) is 2.58. The van der Waals surface area contributed by atoms with Gasteiger partial charge >= 0.3 is 0 Å². The van der Waals surface area contributed by atoms with Crippen LogP contribution in [0.2, 0.25) is 0 Å². The molecule has 2 aromatic rings. The maximum atomic E-state index is 12.7. The second-order valence-electron chi connectivity index (χ2n) is 6.42. The molecule has 2 amide bonds. The van der Waals surface area contributed by atoms with E-state index >= 15 is 0 Å². The van der Waals surface area contributed by atoms with E-state index in [4.69, 9.17) is 0 Å². The summed E-state index contributed by atoms with van der Waals surface area (Å²) < 4.78 is 0. The zero-order valence-corrected chi connectivity index (χ0v) is 13.9. The van der Waals surface area contributed by atoms with Gasteiger partial charge in [0.1, 0.15) is 12.1 Å². The van der Waals surface area contributed by atoms with Crippen LogP contribution in [0.25, 0.3) is 0 Å². The lowest BCUT2D eigenvalue weighted by atomic mass is 9.98. The lowest BCUT2D eigenvalue weighted by molar-refractivity contribution is -0.125. The maximum Gasteiger partial charge on any atom is 0.252 e. The summed E-state index contributed by atoms with van der Waals surface area (Å²) >= 11 is 0. The highest BCUT2D eigenvalue weighted by Crippen LogP contribution is 2.34. The second kappa shape index (κ2) is 6.35. The minimum absolute atomic E-state index is 0.00773. The van der Waals surface area contributed by atoms with Crippen molar-refractivity contribution in [2.75, 3.05) is 16.8 Å². The van der Waals surface area contributed by atoms with Crippen LogP contribution in [0.4, 0.5) is 11.4 Å². The van der Waals surface area contributed by atoms with Gasteiger partial charge in [0.2, 0.25) is 5.91 Å². The molecular weight excluding hydrogens is 302 g/mol. The first kappa shape index (κ1) is 16.1. The Labute approximate surface area is 141 Å². The predicted octanol–water partition coefficient (Wildman–Crippen LogP) is 2.54. The number of rotatable bonds is 4. The van der Waals surface area contributed by atoms with Crippen LogP contribution in [0.1, 0.15) is 19.4 Å². The van der Waals surface area contributed by atoms with E-state index in [-0.39, 0.29) is 18.4 Å². The lowest BCUT2D eigenvalue weighted by Gasteiger charge is -2.39. The van der Waals surface area contributed by atoms with Crippen molar-refractivity contribution < 1.29 is 9.59 Å². The minimum Gasteiger partial charge on any atom is -0.370 e. The molecular formula is C19H21N3O2. The lowest BCUT2D eigenvalue weighted by Crippen LogP contribution is -2.56. The SMILES string of the molecule is CC1(C)Nc2ccccc2N(CC(=O)NCc2ccccc2)C1=O. The van der Waals surface area contributed by atoms with E-state index in [9.17, 15) is 9.59 Å². The molecule has 24 heavy (non-hydrogen) atoms. The molecule has 2 N–H and O–H groups in total. The number of nitrogens with zero attached hydrogens (tertiary/aromatic N) is 1. The van der Waals surface area contributed by atoms with Crippen LogP contribution in [0.3, 0.4) is 0 Å². The van der Waals surface area contributed by atoms with Gasteiger partial charge in [-0.25, -0.2) is 0 Å². The van der Waals surface area contributed by atoms with Crippen molar-refractivity contribution in [3.8, 4) is 0 Å². The van der Waals surface area contributed by atoms with E-state index < -0.39 is 5.54 Å². The number of nitrogens with one attached hydrogen (secondary N) is 2. The van der Waals surface area contributed by atoms with Gasteiger partial charge in [0, 0.05) is 6.54 Å². The third-order valence-electron chi connectivity index (χ3n) is 4.06. The van der Waals surface area contributed by atoms with Crippen LogP contribution < -0.4 is 15.5 Å². The van der Waals surface area contributed by atoms with Gasteiger partial charge in [0.15, 0.2) is 0 Å². The quantitative estimate of drug-likeness (QED) is 0.909. The summed E-state index contributed by atoms with van der Waals surface area (Å²) in [5, 5.41) is 6.10. The first-order valence-corrected chi connectivity index (χ1v) is 7.97. The van der Waals surface area contributed by atoms with E-state index in [1.807, 2.05) is 68.4 Å². The number of amides is 2. The summed E-state index contributed by atoms with van der Waals surface area (Å²) in [6.07, 6.45) is 0. The number of carbonyl (C=O) groups is 2. The van der Waals surface area contributed by atoms with Crippen molar-refractivity contribution in [1.29, 1.82) is 0 Å². The molecule has 0 bridgehead atoms. The highest BCUT2D eigenvalue weighted by Gasteiger charge is 2.39. The van der Waals surface area contributed by atoms with Gasteiger partial charge in [-0.05, 0) is 31.5 Å². The summed E-state index contributed by atoms with van der Waals surface area (Å²) in [6.45, 7) is 4.10. The topological polar surface area (TPSA) is 61.4 Å². The van der Waals surface area contributed by atoms with Gasteiger partial charge in [-0.2, -0.15) is 0 Å². The Morgan fingerprint density at radius 3 is 2.50 bits per heavy atom. The van der Waals surface area contributed by atoms with Crippen LogP contribution in [0.5, 0.6) is 0 Å². The van der Waals surface area contributed by atoms with Gasteiger partial charge in [0.25, 0.3) is 5.91 Å². The monoisotopic (exact) mass is 323 g/mol. The van der Waals surface area contributed by atoms with Crippen molar-refractivity contribution in [2.45, 2.75) is 25.9 Å². The van der Waals surface area contributed by atoms with Crippen molar-refractivity contribution in [2.24, 2.45) is 0 Å². The zero-order chi connectivity index (χ0) is 17.2. The molecule has 1 aliphatic rings. The molecule has 0 saturated carbocycles. The third-order valence-corrected chi connectivity index (χ3v) is 4.06. The summed E-state index contributed by atoms with van der Waals surface area (Å²) in [4.78, 5) is 26.6. The van der Waals surface area contributed by atoms with Crippen molar-refractivity contribution in [3.63, 3.8) is 0 Å². The molecule has 3 rings (SSSR count). The molecule has 0 spiro atoms. The van der Waals surface area contributed by atoms with Crippen molar-refractivity contribution >= 4 is 23.2 Å². The summed E-state index contributed by atoms with van der Waals surface area (Å²) in [5.74, 6) is -0.296. The van der Waals surface area contributed by atoms with Gasteiger partial charge in [0.05, 0.1) is 11.4 Å². The zero-order valence-electron chi connectivity index (χ0n) is 13.9. The number of hydrogen-bond acceptors (Lipinski definition) is 3. The van der Waals surface area contributed by atoms with E-state index in [1.54, 1.807) is 4.90 Å². The molecule has 124 valence electrons. The van der Waals surface area contributed by atoms with Crippen molar-refractivity contribution in [1.82, 2.24) is 5.32 Å². The fourth-order valence-corrected chi connectivity index (χ4v) is 2.80. The number of carbonyl (C=O) groups excluding carboxylic acids is 2. The summed E-state index contributed by atoms with van der Waals surface area (Å²) in [5.41, 5.74) is 1.88. The molecule has 0 unspecified atom stereocenters. The molecule has 1 aliphatic heterocycles. The van der Waals surface area contributed by atoms with Crippen molar-refractivity contribution in [3.05, 3.63) is 60.2 Å². The second-order valence-corrected chi connectivity index (χ2v) is 6.42. The number of anilines is 2. The van der Waals surface area contributed by atoms with Crippen LogP contribution in [-0.2, 0) is 16.1 Å². The van der Waals surface area contributed by atoms with Crippen LogP contribution >= 0.6 is 0 Å². The first-order valence-electron chi connectivity index (χ1n) is 7.97. The van der Waals surface area contributed by atoms with E-state index in [1.165, 1.54) is 0 Å². The van der Waals surface area contributed by atoms with Gasteiger partial charge in [-0.1, -0.05) is 42.5 Å². The molecule has 0 fully saturated rings. The van der Waals surface area contributed by atoms with E-state index in [0.29, 0.717) is 6.54 Å². The normalized spacial score (nSPS) is 15.4. The van der Waals surface area contributed by atoms with Gasteiger partial charge in [-0.3, -0.25) is 14.5 Å². The number of para-hydroxylation sites is 2. The van der Waals surface area contributed by atoms with E-state index in [0.717, 1.165) is 16.9 Å². The smallest absolute Gasteiger partial charge is 0.252 e. The highest BCUT2D eigenvalue weighted by molar-refractivity contribution is 6.09. The summed E-state index contributed by atoms with van der Waals surface area (Å²) in [6, 6.07) is 17.2. The van der Waals surface area contributed by atoms with Gasteiger partial charge < -0.3 is 10.6 Å². The molecule has 2 aromatic carbocycles. The Balaban J connectivity index is 1.73. The molecule has 5 heteroatoms. The molecule has 0 saturated heterocycles. The first-order chi connectivity index (χ1) is 11.5. The Bertz CT molecular complexity index is 756. The standard InChI is InChI=1S/C19H21N3O2/c1-19(2)18(24)22(16-11-7-6-10-15(16)21-19)13-17(23)20-12-14-8-4-3-5-9-14/h3-11,21H,12-13H2,1-2H3,(H,20,23). The molecule has 0 radical (unpaired) electrons. The summed E-state index contributed by atoms with van der Waals surface area (Å²) in [7, 11) is 0. The minimum atomic E-state index is -0.742. The molecule has 0 aromatic heterocycles. The Kier molecular flexibility index (Phi) is 4.25. The molecule has 0 aliphatic carbocycles. The Morgan fingerprint density at radius 1 is 1.08 bits per heavy atom. The number of hydrogen-bond donors (Lipinski definition) is 2. The predicted molar refractivity (Wildman–Crippen MR) is 94.8 cm³/mol. The molecule has 5 nitrogen and oxygen atoms in total. The van der Waals surface area contributed by atoms with Crippen LogP contribution in [0.15, 0.2) is 54.6 Å². The van der Waals surface area contributed by atoms with Gasteiger partial charge in [-0.15, -0.1) is 0 Å². The maximum absolute atomic E-state index is 12.7. The Hall–Kier alpha value is -2.82. The van der Waals surface area contributed by atoms with E-state index in [2.05, 4.69) is 10.6 Å². The Morgan fingerprint density at radius 2 is 1.75 bits per heavy atom. The van der Waals surface area contributed by atoms with Crippen LogP contribution in [0, 0.1) is 0 Å². The average molecular weight is 323 g/mol. The molecule has 1 heterocycles.